The molecule has 2 aromatic rings. The highest BCUT2D eigenvalue weighted by Crippen LogP contribution is 2.29. The zero-order valence-corrected chi connectivity index (χ0v) is 16.2. The lowest BCUT2D eigenvalue weighted by atomic mass is 9.86. The Morgan fingerprint density at radius 2 is 2.00 bits per heavy atom. The minimum absolute atomic E-state index is 0.171. The van der Waals surface area contributed by atoms with Gasteiger partial charge in [0.05, 0.1) is 11.4 Å². The molecule has 0 atom stereocenters. The van der Waals surface area contributed by atoms with Crippen LogP contribution < -0.4 is 5.32 Å². The van der Waals surface area contributed by atoms with Crippen LogP contribution in [-0.2, 0) is 0 Å². The Labute approximate surface area is 150 Å². The van der Waals surface area contributed by atoms with Crippen molar-refractivity contribution in [3.63, 3.8) is 0 Å². The fourth-order valence-electron chi connectivity index (χ4n) is 3.59. The van der Waals surface area contributed by atoms with E-state index in [-0.39, 0.29) is 5.54 Å². The second-order valence-electron chi connectivity index (χ2n) is 7.64. The fourth-order valence-corrected chi connectivity index (χ4v) is 3.59. The van der Waals surface area contributed by atoms with Gasteiger partial charge in [-0.2, -0.15) is 9.61 Å². The molecule has 0 aliphatic carbocycles. The third kappa shape index (κ3) is 3.62. The lowest BCUT2D eigenvalue weighted by Gasteiger charge is -2.46. The maximum Gasteiger partial charge on any atom is 0.200 e. The van der Waals surface area contributed by atoms with Gasteiger partial charge in [-0.15, -0.1) is 10.2 Å². The van der Waals surface area contributed by atoms with Crippen molar-refractivity contribution in [1.82, 2.24) is 29.6 Å². The fraction of sp³-hybridized carbons (Fsp3) is 0.722. The Bertz CT molecular complexity index is 699. The van der Waals surface area contributed by atoms with Crippen LogP contribution in [0.15, 0.2) is 12.4 Å². The van der Waals surface area contributed by atoms with Gasteiger partial charge >= 0.3 is 0 Å². The lowest BCUT2D eigenvalue weighted by molar-refractivity contribution is 0.0687. The second-order valence-corrected chi connectivity index (χ2v) is 7.64. The van der Waals surface area contributed by atoms with Crippen molar-refractivity contribution < 1.29 is 0 Å². The SMILES string of the molecule is CCN1CCC(CNc2cc(C(C)C)nn3cnnc23)(N(C)C)CC1. The molecule has 7 heteroatoms. The number of piperidine rings is 1. The molecule has 0 bridgehead atoms. The summed E-state index contributed by atoms with van der Waals surface area (Å²) < 4.78 is 1.78. The highest BCUT2D eigenvalue weighted by atomic mass is 15.4. The molecule has 0 saturated carbocycles. The first kappa shape index (κ1) is 18.1. The average molecular weight is 345 g/mol. The van der Waals surface area contributed by atoms with Crippen molar-refractivity contribution in [1.29, 1.82) is 0 Å². The highest BCUT2D eigenvalue weighted by Gasteiger charge is 2.36. The Balaban J connectivity index is 1.82. The van der Waals surface area contributed by atoms with Crippen LogP contribution in [0.25, 0.3) is 5.65 Å². The molecule has 1 aliphatic rings. The van der Waals surface area contributed by atoms with Crippen molar-refractivity contribution >= 4 is 11.3 Å². The highest BCUT2D eigenvalue weighted by molar-refractivity contribution is 5.67. The minimum Gasteiger partial charge on any atom is -0.380 e. The van der Waals surface area contributed by atoms with E-state index in [1.807, 2.05) is 0 Å². The van der Waals surface area contributed by atoms with E-state index in [1.54, 1.807) is 10.8 Å². The third-order valence-corrected chi connectivity index (χ3v) is 5.67. The summed E-state index contributed by atoms with van der Waals surface area (Å²) >= 11 is 0. The van der Waals surface area contributed by atoms with Crippen LogP contribution in [0.4, 0.5) is 5.69 Å². The normalized spacial score (nSPS) is 18.4. The van der Waals surface area contributed by atoms with Gasteiger partial charge in [0.25, 0.3) is 0 Å². The van der Waals surface area contributed by atoms with E-state index in [0.29, 0.717) is 5.92 Å². The van der Waals surface area contributed by atoms with Gasteiger partial charge < -0.3 is 15.1 Å². The van der Waals surface area contributed by atoms with E-state index in [0.717, 1.165) is 43.2 Å². The largest absolute Gasteiger partial charge is 0.380 e. The number of likely N-dealkylation sites (N-methyl/N-ethyl adjacent to an activating group) is 1. The molecule has 1 saturated heterocycles. The van der Waals surface area contributed by atoms with Crippen LogP contribution in [-0.4, -0.2) is 75.4 Å². The summed E-state index contributed by atoms with van der Waals surface area (Å²) in [5, 5.41) is 16.5. The van der Waals surface area contributed by atoms with Crippen molar-refractivity contribution in [2.75, 3.05) is 45.6 Å². The van der Waals surface area contributed by atoms with E-state index < -0.39 is 0 Å². The minimum atomic E-state index is 0.171. The Hall–Kier alpha value is -1.73. The quantitative estimate of drug-likeness (QED) is 0.865. The molecule has 1 aliphatic heterocycles. The first-order chi connectivity index (χ1) is 11.9. The molecule has 0 aromatic carbocycles. The van der Waals surface area contributed by atoms with E-state index in [1.165, 1.54) is 12.8 Å². The first-order valence-corrected chi connectivity index (χ1v) is 9.30. The molecule has 25 heavy (non-hydrogen) atoms. The van der Waals surface area contributed by atoms with Gasteiger partial charge in [0, 0.05) is 12.1 Å². The van der Waals surface area contributed by atoms with E-state index in [9.17, 15) is 0 Å². The summed E-state index contributed by atoms with van der Waals surface area (Å²) in [6.45, 7) is 10.9. The Morgan fingerprint density at radius 3 is 2.60 bits per heavy atom. The van der Waals surface area contributed by atoms with Crippen molar-refractivity contribution in [3.05, 3.63) is 18.1 Å². The number of anilines is 1. The molecule has 3 rings (SSSR count). The van der Waals surface area contributed by atoms with E-state index >= 15 is 0 Å². The number of nitrogens with zero attached hydrogens (tertiary/aromatic N) is 6. The smallest absolute Gasteiger partial charge is 0.200 e. The number of hydrogen-bond donors (Lipinski definition) is 1. The van der Waals surface area contributed by atoms with Crippen molar-refractivity contribution in [3.8, 4) is 0 Å². The summed E-state index contributed by atoms with van der Waals surface area (Å²) in [4.78, 5) is 4.92. The maximum atomic E-state index is 4.60. The van der Waals surface area contributed by atoms with E-state index in [4.69, 9.17) is 0 Å². The monoisotopic (exact) mass is 345 g/mol. The number of likely N-dealkylation sites (tertiary alicyclic amines) is 1. The molecule has 138 valence electrons. The summed E-state index contributed by atoms with van der Waals surface area (Å²) in [5.41, 5.74) is 3.04. The van der Waals surface area contributed by atoms with Crippen molar-refractivity contribution in [2.24, 2.45) is 0 Å². The predicted octanol–water partition coefficient (Wildman–Crippen LogP) is 2.08. The van der Waals surface area contributed by atoms with Crippen LogP contribution in [0.3, 0.4) is 0 Å². The zero-order chi connectivity index (χ0) is 18.0. The number of nitrogens with one attached hydrogen (secondary N) is 1. The first-order valence-electron chi connectivity index (χ1n) is 9.30. The molecule has 7 nitrogen and oxygen atoms in total. The summed E-state index contributed by atoms with van der Waals surface area (Å²) in [6.07, 6.45) is 4.02. The predicted molar refractivity (Wildman–Crippen MR) is 101 cm³/mol. The molecular formula is C18H31N7. The van der Waals surface area contributed by atoms with Crippen LogP contribution >= 0.6 is 0 Å². The van der Waals surface area contributed by atoms with Gasteiger partial charge in [0.15, 0.2) is 0 Å². The number of rotatable bonds is 6. The molecule has 3 heterocycles. The average Bonchev–Trinajstić information content (AvgIpc) is 3.08. The summed E-state index contributed by atoms with van der Waals surface area (Å²) in [5.74, 6) is 0.364. The van der Waals surface area contributed by atoms with Gasteiger partial charge in [-0.1, -0.05) is 20.8 Å². The number of fused-ring (bicyclic) bond motifs is 1. The molecule has 0 radical (unpaired) electrons. The molecule has 1 N–H and O–H groups in total. The third-order valence-electron chi connectivity index (χ3n) is 5.67. The standard InChI is InChI=1S/C18H31N7/c1-6-24-9-7-18(8-10-24,23(4)5)12-19-16-11-15(14(2)3)22-25-13-20-21-17(16)25/h11,13-14,19H,6-10,12H2,1-5H3. The van der Waals surface area contributed by atoms with Gasteiger partial charge in [-0.05, 0) is 58.6 Å². The lowest BCUT2D eigenvalue weighted by Crippen LogP contribution is -2.56. The summed E-state index contributed by atoms with van der Waals surface area (Å²) in [6, 6.07) is 2.12. The molecular weight excluding hydrogens is 314 g/mol. The van der Waals surface area contributed by atoms with Gasteiger partial charge in [-0.3, -0.25) is 0 Å². The Morgan fingerprint density at radius 1 is 1.28 bits per heavy atom. The zero-order valence-electron chi connectivity index (χ0n) is 16.2. The Kier molecular flexibility index (Phi) is 5.24. The molecule has 0 amide bonds. The van der Waals surface area contributed by atoms with Crippen LogP contribution in [0, 0.1) is 0 Å². The topological polar surface area (TPSA) is 61.6 Å². The van der Waals surface area contributed by atoms with Gasteiger partial charge in [0.2, 0.25) is 5.65 Å². The van der Waals surface area contributed by atoms with Gasteiger partial charge in [0.1, 0.15) is 6.33 Å². The number of hydrogen-bond acceptors (Lipinski definition) is 6. The molecule has 0 spiro atoms. The molecule has 1 fully saturated rings. The molecule has 2 aromatic heterocycles. The van der Waals surface area contributed by atoms with Crippen LogP contribution in [0.1, 0.15) is 45.2 Å². The van der Waals surface area contributed by atoms with E-state index in [2.05, 4.69) is 71.3 Å². The van der Waals surface area contributed by atoms with Crippen molar-refractivity contribution in [2.45, 2.75) is 45.1 Å². The van der Waals surface area contributed by atoms with Gasteiger partial charge in [-0.25, -0.2) is 0 Å². The second kappa shape index (κ2) is 7.25. The van der Waals surface area contributed by atoms with Crippen LogP contribution in [0.2, 0.25) is 0 Å². The van der Waals surface area contributed by atoms with Crippen LogP contribution in [0.5, 0.6) is 0 Å². The molecule has 0 unspecified atom stereocenters. The summed E-state index contributed by atoms with van der Waals surface area (Å²) in [7, 11) is 4.39. The number of aromatic nitrogens is 4. The maximum absolute atomic E-state index is 4.60.